The predicted molar refractivity (Wildman–Crippen MR) is 91.8 cm³/mol. The molecule has 5 rings (SSSR count). The van der Waals surface area contributed by atoms with Gasteiger partial charge in [0.25, 0.3) is 0 Å². The van der Waals surface area contributed by atoms with Crippen LogP contribution in [0.3, 0.4) is 0 Å². The van der Waals surface area contributed by atoms with E-state index in [1.807, 2.05) is 11.8 Å². The van der Waals surface area contributed by atoms with Crippen LogP contribution in [0, 0.1) is 22.7 Å². The van der Waals surface area contributed by atoms with Gasteiger partial charge in [-0.15, -0.1) is 0 Å². The van der Waals surface area contributed by atoms with Crippen molar-refractivity contribution in [3.05, 3.63) is 0 Å². The number of aliphatic imine (C=N–C) groups is 1. The molecule has 4 bridgehead atoms. The first-order valence-corrected chi connectivity index (χ1v) is 9.76. The van der Waals surface area contributed by atoms with Gasteiger partial charge in [-0.25, -0.2) is 0 Å². The van der Waals surface area contributed by atoms with Crippen molar-refractivity contribution in [2.24, 2.45) is 27.7 Å². The summed E-state index contributed by atoms with van der Waals surface area (Å²) >= 11 is 1.96. The molecule has 0 radical (unpaired) electrons. The van der Waals surface area contributed by atoms with Crippen LogP contribution in [0.25, 0.3) is 0 Å². The summed E-state index contributed by atoms with van der Waals surface area (Å²) in [6.07, 6.45) is 8.54. The lowest BCUT2D eigenvalue weighted by Crippen LogP contribution is -2.64. The Morgan fingerprint density at radius 2 is 1.76 bits per heavy atom. The molecule has 3 heteroatoms. The standard InChI is InChI=1S/C18H30N2S/c1-12(2)14-8-21-15(19-14)20-18-7-13-5-16(3,10-18)9-17(4,6-13)11-18/h12-14H,5-11H2,1-4H3,(H,19,20)/t13?,14-,16?,17?,18?/m1/s1. The molecule has 0 amide bonds. The highest BCUT2D eigenvalue weighted by atomic mass is 32.2. The Kier molecular flexibility index (Phi) is 3.04. The Bertz CT molecular complexity index is 466. The van der Waals surface area contributed by atoms with Crippen molar-refractivity contribution < 1.29 is 0 Å². The molecule has 0 saturated heterocycles. The third-order valence-corrected chi connectivity index (χ3v) is 7.43. The first-order chi connectivity index (χ1) is 9.79. The minimum Gasteiger partial charge on any atom is -0.359 e. The summed E-state index contributed by atoms with van der Waals surface area (Å²) in [5.41, 5.74) is 1.53. The fourth-order valence-electron chi connectivity index (χ4n) is 6.61. The van der Waals surface area contributed by atoms with Crippen LogP contribution in [0.15, 0.2) is 4.99 Å². The van der Waals surface area contributed by atoms with Crippen molar-refractivity contribution in [1.29, 1.82) is 0 Å². The van der Waals surface area contributed by atoms with Crippen molar-refractivity contribution in [2.45, 2.75) is 77.8 Å². The van der Waals surface area contributed by atoms with Gasteiger partial charge in [0.15, 0.2) is 5.17 Å². The van der Waals surface area contributed by atoms with Gasteiger partial charge < -0.3 is 5.32 Å². The van der Waals surface area contributed by atoms with Crippen molar-refractivity contribution in [3.8, 4) is 0 Å². The van der Waals surface area contributed by atoms with E-state index in [0.717, 1.165) is 5.92 Å². The van der Waals surface area contributed by atoms with Crippen molar-refractivity contribution in [1.82, 2.24) is 5.32 Å². The number of hydrogen-bond donors (Lipinski definition) is 1. The summed E-state index contributed by atoms with van der Waals surface area (Å²) in [4.78, 5) is 4.98. The molecule has 0 aromatic rings. The van der Waals surface area contributed by atoms with Crippen LogP contribution in [0.2, 0.25) is 0 Å². The van der Waals surface area contributed by atoms with Crippen molar-refractivity contribution >= 4 is 16.9 Å². The van der Waals surface area contributed by atoms with E-state index in [1.165, 1.54) is 49.4 Å². The fraction of sp³-hybridized carbons (Fsp3) is 0.944. The number of nitrogens with one attached hydrogen (secondary N) is 1. The molecule has 118 valence electrons. The molecule has 1 aliphatic heterocycles. The van der Waals surface area contributed by atoms with Crippen LogP contribution in [-0.4, -0.2) is 22.5 Å². The average molecular weight is 307 g/mol. The highest BCUT2D eigenvalue weighted by Gasteiger charge is 2.60. The number of thioether (sulfide) groups is 1. The molecule has 2 nitrogen and oxygen atoms in total. The lowest BCUT2D eigenvalue weighted by atomic mass is 9.43. The molecule has 21 heavy (non-hydrogen) atoms. The van der Waals surface area contributed by atoms with Gasteiger partial charge in [0.05, 0.1) is 6.04 Å². The monoisotopic (exact) mass is 306 g/mol. The summed E-state index contributed by atoms with van der Waals surface area (Å²) < 4.78 is 0. The lowest BCUT2D eigenvalue weighted by Gasteiger charge is -2.65. The third-order valence-electron chi connectivity index (χ3n) is 6.44. The molecule has 5 aliphatic rings. The summed E-state index contributed by atoms with van der Waals surface area (Å²) in [6.45, 7) is 9.69. The maximum absolute atomic E-state index is 4.98. The van der Waals surface area contributed by atoms with Gasteiger partial charge >= 0.3 is 0 Å². The second kappa shape index (κ2) is 4.43. The van der Waals surface area contributed by atoms with E-state index in [4.69, 9.17) is 4.99 Å². The summed E-state index contributed by atoms with van der Waals surface area (Å²) in [5, 5.41) is 5.22. The number of hydrogen-bond acceptors (Lipinski definition) is 3. The number of rotatable bonds is 2. The molecule has 3 atom stereocenters. The zero-order valence-corrected chi connectivity index (χ0v) is 14.9. The maximum Gasteiger partial charge on any atom is 0.157 e. The van der Waals surface area contributed by atoms with E-state index in [1.54, 1.807) is 0 Å². The fourth-order valence-corrected chi connectivity index (χ4v) is 7.90. The normalized spacial score (nSPS) is 51.6. The molecule has 0 spiro atoms. The molecule has 1 N–H and O–H groups in total. The van der Waals surface area contributed by atoms with Crippen LogP contribution in [0.5, 0.6) is 0 Å². The van der Waals surface area contributed by atoms with Gasteiger partial charge in [0.1, 0.15) is 0 Å². The summed E-state index contributed by atoms with van der Waals surface area (Å²) in [6, 6.07) is 0.526. The third kappa shape index (κ3) is 2.44. The van der Waals surface area contributed by atoms with E-state index in [0.29, 0.717) is 28.3 Å². The van der Waals surface area contributed by atoms with E-state index in [-0.39, 0.29) is 0 Å². The predicted octanol–water partition coefficient (Wildman–Crippen LogP) is 4.45. The van der Waals surface area contributed by atoms with Crippen LogP contribution < -0.4 is 5.32 Å². The van der Waals surface area contributed by atoms with Gasteiger partial charge in [-0.1, -0.05) is 39.5 Å². The van der Waals surface area contributed by atoms with Gasteiger partial charge in [0, 0.05) is 11.3 Å². The number of nitrogens with zero attached hydrogens (tertiary/aromatic N) is 1. The molecule has 2 unspecified atom stereocenters. The lowest BCUT2D eigenvalue weighted by molar-refractivity contribution is -0.111. The van der Waals surface area contributed by atoms with Crippen LogP contribution in [0.1, 0.15) is 66.2 Å². The van der Waals surface area contributed by atoms with E-state index < -0.39 is 0 Å². The van der Waals surface area contributed by atoms with E-state index in [2.05, 4.69) is 33.0 Å². The SMILES string of the molecule is CC(C)[C@H]1CSC(NC23CC4CC(C)(CC(C)(C4)C2)C3)=N1. The van der Waals surface area contributed by atoms with Crippen molar-refractivity contribution in [2.75, 3.05) is 5.75 Å². The first-order valence-electron chi connectivity index (χ1n) is 8.78. The van der Waals surface area contributed by atoms with Gasteiger partial charge in [-0.05, 0) is 61.2 Å². The quantitative estimate of drug-likeness (QED) is 0.815. The highest BCUT2D eigenvalue weighted by Crippen LogP contribution is 2.66. The van der Waals surface area contributed by atoms with Crippen LogP contribution in [-0.2, 0) is 0 Å². The molecule has 4 aliphatic carbocycles. The molecule has 0 aromatic carbocycles. The maximum atomic E-state index is 4.98. The molecule has 4 saturated carbocycles. The Morgan fingerprint density at radius 1 is 1.10 bits per heavy atom. The topological polar surface area (TPSA) is 24.4 Å². The Hall–Kier alpha value is -0.180. The van der Waals surface area contributed by atoms with Gasteiger partial charge in [0.2, 0.25) is 0 Å². The van der Waals surface area contributed by atoms with Gasteiger partial charge in [-0.2, -0.15) is 0 Å². The first kappa shape index (κ1) is 14.4. The molecular formula is C18H30N2S. The Labute approximate surface area is 133 Å². The second-order valence-electron chi connectivity index (χ2n) is 9.59. The van der Waals surface area contributed by atoms with Crippen LogP contribution in [0.4, 0.5) is 0 Å². The Balaban J connectivity index is 1.56. The van der Waals surface area contributed by atoms with Gasteiger partial charge in [-0.3, -0.25) is 4.99 Å². The average Bonchev–Trinajstić information content (AvgIpc) is 2.71. The molecule has 0 aromatic heterocycles. The highest BCUT2D eigenvalue weighted by molar-refractivity contribution is 8.14. The smallest absolute Gasteiger partial charge is 0.157 e. The molecule has 1 heterocycles. The minimum absolute atomic E-state index is 0.362. The second-order valence-corrected chi connectivity index (χ2v) is 10.6. The van der Waals surface area contributed by atoms with E-state index in [9.17, 15) is 0 Å². The Morgan fingerprint density at radius 3 is 2.29 bits per heavy atom. The van der Waals surface area contributed by atoms with Crippen LogP contribution >= 0.6 is 11.8 Å². The molecule has 4 fully saturated rings. The van der Waals surface area contributed by atoms with Crippen molar-refractivity contribution in [3.63, 3.8) is 0 Å². The molecular weight excluding hydrogens is 276 g/mol. The zero-order valence-electron chi connectivity index (χ0n) is 14.0. The zero-order chi connectivity index (χ0) is 14.9. The van der Waals surface area contributed by atoms with E-state index >= 15 is 0 Å². The summed E-state index contributed by atoms with van der Waals surface area (Å²) in [5.74, 6) is 2.80. The summed E-state index contributed by atoms with van der Waals surface area (Å²) in [7, 11) is 0. The number of amidine groups is 1. The minimum atomic E-state index is 0.362. The largest absolute Gasteiger partial charge is 0.359 e.